The maximum absolute atomic E-state index is 12.3. The highest BCUT2D eigenvalue weighted by Crippen LogP contribution is 2.12. The fourth-order valence-electron chi connectivity index (χ4n) is 2.91. The highest BCUT2D eigenvalue weighted by molar-refractivity contribution is 5.79. The fourth-order valence-corrected chi connectivity index (χ4v) is 2.91. The molecule has 2 rings (SSSR count). The van der Waals surface area contributed by atoms with E-state index >= 15 is 0 Å². The van der Waals surface area contributed by atoms with Crippen molar-refractivity contribution in [3.05, 3.63) is 35.9 Å². The third-order valence-electron chi connectivity index (χ3n) is 4.68. The van der Waals surface area contributed by atoms with E-state index in [9.17, 15) is 9.59 Å². The van der Waals surface area contributed by atoms with E-state index in [4.69, 9.17) is 0 Å². The van der Waals surface area contributed by atoms with E-state index in [1.165, 1.54) is 5.56 Å². The first-order valence-corrected chi connectivity index (χ1v) is 8.72. The molecule has 1 aromatic carbocycles. The summed E-state index contributed by atoms with van der Waals surface area (Å²) in [5, 5.41) is 0. The molecular weight excluding hydrogens is 288 g/mol. The van der Waals surface area contributed by atoms with Gasteiger partial charge in [0.1, 0.15) is 0 Å². The van der Waals surface area contributed by atoms with Crippen molar-refractivity contribution in [1.29, 1.82) is 0 Å². The lowest BCUT2D eigenvalue weighted by Crippen LogP contribution is -2.51. The lowest BCUT2D eigenvalue weighted by Gasteiger charge is -2.36. The molecule has 0 N–H and O–H groups in total. The SMILES string of the molecule is CCC(C)C(=O)N1CCN(C(=O)CCCc2ccccc2)CC1. The monoisotopic (exact) mass is 316 g/mol. The van der Waals surface area contributed by atoms with Gasteiger partial charge in [0.15, 0.2) is 0 Å². The zero-order valence-corrected chi connectivity index (χ0v) is 14.3. The van der Waals surface area contributed by atoms with Crippen LogP contribution in [0, 0.1) is 5.92 Å². The topological polar surface area (TPSA) is 40.6 Å². The van der Waals surface area contributed by atoms with Crippen LogP contribution in [0.4, 0.5) is 0 Å². The molecule has 126 valence electrons. The van der Waals surface area contributed by atoms with Gasteiger partial charge in [0.2, 0.25) is 11.8 Å². The van der Waals surface area contributed by atoms with Gasteiger partial charge in [0, 0.05) is 38.5 Å². The zero-order valence-electron chi connectivity index (χ0n) is 14.3. The van der Waals surface area contributed by atoms with E-state index in [1.54, 1.807) is 0 Å². The summed E-state index contributed by atoms with van der Waals surface area (Å²) in [6, 6.07) is 10.3. The number of piperazine rings is 1. The predicted octanol–water partition coefficient (Wildman–Crippen LogP) is 2.73. The Kier molecular flexibility index (Phi) is 6.63. The summed E-state index contributed by atoms with van der Waals surface area (Å²) < 4.78 is 0. The van der Waals surface area contributed by atoms with Crippen molar-refractivity contribution in [1.82, 2.24) is 9.80 Å². The highest BCUT2D eigenvalue weighted by Gasteiger charge is 2.25. The number of benzene rings is 1. The number of nitrogens with zero attached hydrogens (tertiary/aromatic N) is 2. The van der Waals surface area contributed by atoms with Crippen molar-refractivity contribution in [2.75, 3.05) is 26.2 Å². The Morgan fingerprint density at radius 3 is 2.26 bits per heavy atom. The quantitative estimate of drug-likeness (QED) is 0.809. The lowest BCUT2D eigenvalue weighted by molar-refractivity contribution is -0.141. The summed E-state index contributed by atoms with van der Waals surface area (Å²) in [4.78, 5) is 28.2. The molecule has 1 aliphatic heterocycles. The summed E-state index contributed by atoms with van der Waals surface area (Å²) in [5.41, 5.74) is 1.28. The van der Waals surface area contributed by atoms with E-state index in [2.05, 4.69) is 12.1 Å². The number of carbonyl (C=O) groups excluding carboxylic acids is 2. The van der Waals surface area contributed by atoms with Gasteiger partial charge in [-0.15, -0.1) is 0 Å². The van der Waals surface area contributed by atoms with Gasteiger partial charge >= 0.3 is 0 Å². The number of hydrogen-bond donors (Lipinski definition) is 0. The molecule has 1 unspecified atom stereocenters. The van der Waals surface area contributed by atoms with Crippen LogP contribution in [0.15, 0.2) is 30.3 Å². The largest absolute Gasteiger partial charge is 0.339 e. The molecule has 0 bridgehead atoms. The van der Waals surface area contributed by atoms with Crippen LogP contribution in [0.3, 0.4) is 0 Å². The number of aryl methyl sites for hydroxylation is 1. The molecule has 1 aliphatic rings. The van der Waals surface area contributed by atoms with Gasteiger partial charge in [0.05, 0.1) is 0 Å². The molecule has 1 fully saturated rings. The van der Waals surface area contributed by atoms with Gasteiger partial charge in [0.25, 0.3) is 0 Å². The second-order valence-electron chi connectivity index (χ2n) is 6.35. The molecule has 4 heteroatoms. The first-order chi connectivity index (χ1) is 11.1. The molecule has 0 saturated carbocycles. The highest BCUT2D eigenvalue weighted by atomic mass is 16.2. The van der Waals surface area contributed by atoms with Crippen LogP contribution < -0.4 is 0 Å². The van der Waals surface area contributed by atoms with Crippen LogP contribution in [-0.4, -0.2) is 47.8 Å². The van der Waals surface area contributed by atoms with Gasteiger partial charge in [-0.1, -0.05) is 44.2 Å². The van der Waals surface area contributed by atoms with Gasteiger partial charge in [-0.25, -0.2) is 0 Å². The predicted molar refractivity (Wildman–Crippen MR) is 92.0 cm³/mol. The van der Waals surface area contributed by atoms with E-state index in [1.807, 2.05) is 41.8 Å². The van der Waals surface area contributed by atoms with Gasteiger partial charge in [-0.2, -0.15) is 0 Å². The number of amides is 2. The molecule has 0 aliphatic carbocycles. The third-order valence-corrected chi connectivity index (χ3v) is 4.68. The van der Waals surface area contributed by atoms with E-state index in [0.29, 0.717) is 32.6 Å². The van der Waals surface area contributed by atoms with Crippen molar-refractivity contribution >= 4 is 11.8 Å². The van der Waals surface area contributed by atoms with E-state index in [0.717, 1.165) is 19.3 Å². The van der Waals surface area contributed by atoms with Crippen molar-refractivity contribution in [3.63, 3.8) is 0 Å². The Labute approximate surface area is 139 Å². The summed E-state index contributed by atoms with van der Waals surface area (Å²) in [7, 11) is 0. The molecular formula is C19H28N2O2. The summed E-state index contributed by atoms with van der Waals surface area (Å²) >= 11 is 0. The summed E-state index contributed by atoms with van der Waals surface area (Å²) in [6.07, 6.45) is 3.29. The van der Waals surface area contributed by atoms with Crippen molar-refractivity contribution in [2.45, 2.75) is 39.5 Å². The Morgan fingerprint density at radius 1 is 1.04 bits per heavy atom. The van der Waals surface area contributed by atoms with Crippen LogP contribution in [0.1, 0.15) is 38.7 Å². The molecule has 23 heavy (non-hydrogen) atoms. The standard InChI is InChI=1S/C19H28N2O2/c1-3-16(2)19(23)21-14-12-20(13-15-21)18(22)11-7-10-17-8-5-4-6-9-17/h4-6,8-9,16H,3,7,10-15H2,1-2H3. The maximum atomic E-state index is 12.3. The first-order valence-electron chi connectivity index (χ1n) is 8.72. The Balaban J connectivity index is 1.70. The molecule has 0 aromatic heterocycles. The summed E-state index contributed by atoms with van der Waals surface area (Å²) in [6.45, 7) is 6.71. The number of hydrogen-bond acceptors (Lipinski definition) is 2. The minimum Gasteiger partial charge on any atom is -0.339 e. The first kappa shape index (κ1) is 17.5. The second kappa shape index (κ2) is 8.70. The fraction of sp³-hybridized carbons (Fsp3) is 0.579. The maximum Gasteiger partial charge on any atom is 0.225 e. The van der Waals surface area contributed by atoms with Crippen LogP contribution in [-0.2, 0) is 16.0 Å². The van der Waals surface area contributed by atoms with Gasteiger partial charge in [-0.3, -0.25) is 9.59 Å². The molecule has 1 aromatic rings. The van der Waals surface area contributed by atoms with Crippen molar-refractivity contribution in [3.8, 4) is 0 Å². The molecule has 1 heterocycles. The number of rotatable bonds is 6. The van der Waals surface area contributed by atoms with Crippen molar-refractivity contribution < 1.29 is 9.59 Å². The van der Waals surface area contributed by atoms with E-state index in [-0.39, 0.29) is 17.7 Å². The molecule has 2 amide bonds. The van der Waals surface area contributed by atoms with Crippen LogP contribution >= 0.6 is 0 Å². The molecule has 1 saturated heterocycles. The second-order valence-corrected chi connectivity index (χ2v) is 6.35. The Bertz CT molecular complexity index is 507. The summed E-state index contributed by atoms with van der Waals surface area (Å²) in [5.74, 6) is 0.531. The molecule has 1 atom stereocenters. The van der Waals surface area contributed by atoms with Crippen LogP contribution in [0.5, 0.6) is 0 Å². The number of carbonyl (C=O) groups is 2. The minimum absolute atomic E-state index is 0.0862. The van der Waals surface area contributed by atoms with Gasteiger partial charge < -0.3 is 9.80 Å². The lowest BCUT2D eigenvalue weighted by atomic mass is 10.1. The molecule has 0 radical (unpaired) electrons. The Morgan fingerprint density at radius 2 is 1.65 bits per heavy atom. The smallest absolute Gasteiger partial charge is 0.225 e. The van der Waals surface area contributed by atoms with Crippen molar-refractivity contribution in [2.24, 2.45) is 5.92 Å². The average Bonchev–Trinajstić information content (AvgIpc) is 2.61. The third kappa shape index (κ3) is 5.08. The zero-order chi connectivity index (χ0) is 16.7. The Hall–Kier alpha value is -1.84. The van der Waals surface area contributed by atoms with Gasteiger partial charge in [-0.05, 0) is 24.8 Å². The molecule has 0 spiro atoms. The van der Waals surface area contributed by atoms with Crippen LogP contribution in [0.25, 0.3) is 0 Å². The normalized spacial score (nSPS) is 16.3. The average molecular weight is 316 g/mol. The van der Waals surface area contributed by atoms with E-state index < -0.39 is 0 Å². The minimum atomic E-state index is 0.0862. The van der Waals surface area contributed by atoms with Crippen LogP contribution in [0.2, 0.25) is 0 Å². The molecule has 4 nitrogen and oxygen atoms in total.